The molecule has 2 aromatic rings. The molecule has 0 saturated heterocycles. The molecule has 2 rings (SSSR count). The van der Waals surface area contributed by atoms with Crippen LogP contribution in [0.4, 0.5) is 0 Å². The van der Waals surface area contributed by atoms with Crippen molar-refractivity contribution >= 4 is 88.7 Å². The number of halogens is 6. The number of aromatic nitrogens is 1. The third-order valence-electron chi connectivity index (χ3n) is 1.93. The number of hydrogen-bond donors (Lipinski definition) is 1. The molecule has 13 heteroatoms. The molecule has 1 aromatic carbocycles. The van der Waals surface area contributed by atoms with Gasteiger partial charge in [0.05, 0.1) is 12.6 Å². The summed E-state index contributed by atoms with van der Waals surface area (Å²) in [4.78, 5) is 4.10. The van der Waals surface area contributed by atoms with Crippen LogP contribution in [-0.2, 0) is 9.13 Å². The van der Waals surface area contributed by atoms with Crippen LogP contribution in [-0.4, -0.2) is 17.2 Å². The average Bonchev–Trinajstić information content (AvgIpc) is 2.35. The Bertz CT molecular complexity index is 698. The summed E-state index contributed by atoms with van der Waals surface area (Å²) in [6.07, 6.45) is 1.57. The van der Waals surface area contributed by atoms with Gasteiger partial charge in [0.2, 0.25) is 0 Å². The molecule has 0 amide bonds. The Morgan fingerprint density at radius 3 is 1.91 bits per heavy atom. The van der Waals surface area contributed by atoms with Gasteiger partial charge in [-0.05, 0) is 91.7 Å². The zero-order chi connectivity index (χ0) is 18.3. The van der Waals surface area contributed by atoms with Crippen molar-refractivity contribution in [3.63, 3.8) is 0 Å². The summed E-state index contributed by atoms with van der Waals surface area (Å²) >= 11 is 27.7. The third kappa shape index (κ3) is 14.5. The van der Waals surface area contributed by atoms with Crippen LogP contribution in [0.25, 0.3) is 10.9 Å². The van der Waals surface area contributed by atoms with Gasteiger partial charge in [0.25, 0.3) is 0 Å². The first-order valence-electron chi connectivity index (χ1n) is 5.31. The van der Waals surface area contributed by atoms with E-state index in [0.29, 0.717) is 5.39 Å². The Labute approximate surface area is 161 Å². The molecule has 0 fully saturated rings. The Morgan fingerprint density at radius 2 is 1.48 bits per heavy atom. The van der Waals surface area contributed by atoms with Crippen LogP contribution in [0.1, 0.15) is 0 Å². The topological polar surface area (TPSA) is 76.5 Å². The molecule has 0 aliphatic heterocycles. The van der Waals surface area contributed by atoms with Crippen LogP contribution in [0.5, 0.6) is 11.5 Å². The van der Waals surface area contributed by atoms with Crippen LogP contribution < -0.4 is 4.74 Å². The molecule has 1 N–H and O–H groups in total. The summed E-state index contributed by atoms with van der Waals surface area (Å²) in [5, 5.41) is 3.76. The van der Waals surface area contributed by atoms with Crippen LogP contribution in [0.15, 0.2) is 30.5 Å². The highest BCUT2D eigenvalue weighted by molar-refractivity contribution is 8.25. The Hall–Kier alpha value is 0.430. The average molecular weight is 482 g/mol. The predicted molar refractivity (Wildman–Crippen MR) is 100 cm³/mol. The maximum Gasteiger partial charge on any atom is 0.339 e. The van der Waals surface area contributed by atoms with Crippen LogP contribution in [0.2, 0.25) is 0 Å². The van der Waals surface area contributed by atoms with Crippen LogP contribution in [0, 0.1) is 0 Å². The highest BCUT2D eigenvalue weighted by Gasteiger charge is 2.03. The van der Waals surface area contributed by atoms with E-state index < -0.39 is 10.4 Å². The smallest absolute Gasteiger partial charge is 0.339 e. The molecule has 5 nitrogen and oxygen atoms in total. The molecule has 1 aromatic heterocycles. The molecule has 0 aliphatic carbocycles. The van der Waals surface area contributed by atoms with Crippen molar-refractivity contribution in [2.45, 2.75) is 0 Å². The molecule has 1 heterocycles. The van der Waals surface area contributed by atoms with Crippen molar-refractivity contribution in [1.29, 1.82) is 0 Å². The quantitative estimate of drug-likeness (QED) is 0.425. The molecular weight excluding hydrogens is 473 g/mol. The maximum atomic E-state index is 9.51. The van der Waals surface area contributed by atoms with Gasteiger partial charge in [0.15, 0.2) is 0 Å². The molecule has 0 atom stereocenters. The van der Waals surface area contributed by atoms with E-state index in [4.69, 9.17) is 4.74 Å². The van der Waals surface area contributed by atoms with E-state index in [1.807, 2.05) is 12.1 Å². The van der Waals surface area contributed by atoms with Gasteiger partial charge >= 0.3 is 10.4 Å². The van der Waals surface area contributed by atoms with Crippen LogP contribution >= 0.6 is 77.8 Å². The van der Waals surface area contributed by atoms with Gasteiger partial charge in [-0.1, -0.05) is 0 Å². The number of benzene rings is 1. The lowest BCUT2D eigenvalue weighted by atomic mass is 10.2. The number of pyridine rings is 1. The van der Waals surface area contributed by atoms with E-state index >= 15 is 0 Å². The van der Waals surface area contributed by atoms with Crippen molar-refractivity contribution in [3.05, 3.63) is 30.5 Å². The number of nitrogens with zero attached hydrogens (tertiary/aromatic N) is 1. The largest absolute Gasteiger partial charge is 0.507 e. The number of ether oxygens (including phenoxy) is 1. The molecular formula is C10H9Cl6NO4P2. The van der Waals surface area contributed by atoms with Gasteiger partial charge in [0, 0.05) is 11.6 Å². The molecule has 0 bridgehead atoms. The minimum atomic E-state index is -3.22. The number of aromatic hydroxyl groups is 1. The summed E-state index contributed by atoms with van der Waals surface area (Å²) in [6.45, 7) is 0. The van der Waals surface area contributed by atoms with Gasteiger partial charge in [0.1, 0.15) is 11.5 Å². The number of hydrogen-bond acceptors (Lipinski definition) is 5. The van der Waals surface area contributed by atoms with E-state index in [-0.39, 0.29) is 5.75 Å². The van der Waals surface area contributed by atoms with Gasteiger partial charge < -0.3 is 9.84 Å². The third-order valence-corrected chi connectivity index (χ3v) is 1.93. The van der Waals surface area contributed by atoms with Crippen molar-refractivity contribution in [3.8, 4) is 11.5 Å². The second kappa shape index (κ2) is 10.4. The molecule has 0 unspecified atom stereocenters. The molecule has 0 saturated carbocycles. The standard InChI is InChI=1S/C10H9NO2.2Cl3OP/c1-13-7-2-3-9-8(6-7)10(12)4-5-11-9;2*1-5(2,3)4/h2-6H,1H3,(H,11,12);;. The van der Waals surface area contributed by atoms with Gasteiger partial charge in [-0.2, -0.15) is 0 Å². The molecule has 130 valence electrons. The summed E-state index contributed by atoms with van der Waals surface area (Å²) in [7, 11) is 1.59. The lowest BCUT2D eigenvalue weighted by Gasteiger charge is -2.02. The lowest BCUT2D eigenvalue weighted by Crippen LogP contribution is -1.83. The summed E-state index contributed by atoms with van der Waals surface area (Å²) < 4.78 is 24.1. The second-order valence-corrected chi connectivity index (χ2v) is 16.8. The number of methoxy groups -OCH3 is 1. The minimum Gasteiger partial charge on any atom is -0.507 e. The van der Waals surface area contributed by atoms with E-state index in [9.17, 15) is 14.2 Å². The molecule has 0 aliphatic rings. The van der Waals surface area contributed by atoms with E-state index in [1.54, 1.807) is 25.4 Å². The zero-order valence-corrected chi connectivity index (χ0v) is 17.5. The van der Waals surface area contributed by atoms with Crippen molar-refractivity contribution in [2.75, 3.05) is 7.11 Å². The monoisotopic (exact) mass is 479 g/mol. The summed E-state index contributed by atoms with van der Waals surface area (Å²) in [5.41, 5.74) is 0.765. The Morgan fingerprint density at radius 1 is 1.00 bits per heavy atom. The Balaban J connectivity index is 0.000000406. The van der Waals surface area contributed by atoms with E-state index in [1.165, 1.54) is 0 Å². The van der Waals surface area contributed by atoms with E-state index in [0.717, 1.165) is 11.3 Å². The van der Waals surface area contributed by atoms with Gasteiger partial charge in [-0.15, -0.1) is 0 Å². The first-order valence-corrected chi connectivity index (χ1v) is 14.2. The number of fused-ring (bicyclic) bond motifs is 1. The first kappa shape index (κ1) is 23.4. The minimum absolute atomic E-state index is 0.226. The predicted octanol–water partition coefficient (Wildman–Crippen LogP) is 7.57. The van der Waals surface area contributed by atoms with Crippen molar-refractivity contribution in [2.24, 2.45) is 0 Å². The fraction of sp³-hybridized carbons (Fsp3) is 0.100. The number of rotatable bonds is 1. The Kier molecular flexibility index (Phi) is 10.6. The van der Waals surface area contributed by atoms with Crippen LogP contribution in [0.3, 0.4) is 0 Å². The maximum absolute atomic E-state index is 9.51. The first-order chi connectivity index (χ1) is 10.3. The fourth-order valence-corrected chi connectivity index (χ4v) is 1.24. The van der Waals surface area contributed by atoms with Crippen molar-refractivity contribution in [1.82, 2.24) is 4.98 Å². The molecule has 23 heavy (non-hydrogen) atoms. The zero-order valence-electron chi connectivity index (χ0n) is 11.2. The second-order valence-electron chi connectivity index (χ2n) is 3.51. The lowest BCUT2D eigenvalue weighted by molar-refractivity contribution is 0.415. The fourth-order valence-electron chi connectivity index (χ4n) is 1.24. The summed E-state index contributed by atoms with van der Waals surface area (Å²) in [6, 6.07) is 6.95. The molecule has 0 radical (unpaired) electrons. The van der Waals surface area contributed by atoms with Crippen molar-refractivity contribution < 1.29 is 19.0 Å². The van der Waals surface area contributed by atoms with Gasteiger partial charge in [-0.25, -0.2) is 0 Å². The SMILES string of the molecule is COc1ccc2nccc(O)c2c1.O=P(Cl)(Cl)Cl.O=P(Cl)(Cl)Cl. The highest BCUT2D eigenvalue weighted by atomic mass is 36.1. The van der Waals surface area contributed by atoms with E-state index in [2.05, 4.69) is 72.4 Å². The summed E-state index contributed by atoms with van der Waals surface area (Å²) in [5.74, 6) is 0.944. The normalized spacial score (nSPS) is 10.9. The van der Waals surface area contributed by atoms with Gasteiger partial charge in [-0.3, -0.25) is 14.1 Å². The highest BCUT2D eigenvalue weighted by Crippen LogP contribution is 2.61. The molecule has 0 spiro atoms.